The van der Waals surface area contributed by atoms with Crippen LogP contribution in [0.3, 0.4) is 0 Å². The number of anilines is 1. The van der Waals surface area contributed by atoms with E-state index in [1.165, 1.54) is 16.2 Å². The molecule has 5 rings (SSSR count). The quantitative estimate of drug-likeness (QED) is 0.374. The van der Waals surface area contributed by atoms with Crippen LogP contribution in [0, 0.1) is 6.92 Å². The second-order valence-corrected chi connectivity index (χ2v) is 9.00. The number of hydrogen-bond acceptors (Lipinski definition) is 8. The summed E-state index contributed by atoms with van der Waals surface area (Å²) in [5.74, 6) is 0.753. The first-order valence-corrected chi connectivity index (χ1v) is 11.9. The number of para-hydroxylation sites is 1. The van der Waals surface area contributed by atoms with E-state index in [0.29, 0.717) is 51.4 Å². The standard InChI is InChI=1S/C25H23N3O5S/c1-4-12-32-18-11-10-15(13-19(18)31-5-2)21-20-22(29)16-8-6-7-9-17(16)33-23(20)24(30)28(21)25-27-26-14(3)34-25/h6-11,13,21H,4-5,12H2,1-3H3/t21-/m1/s1. The zero-order chi connectivity index (χ0) is 23.8. The van der Waals surface area contributed by atoms with Crippen molar-refractivity contribution in [1.82, 2.24) is 10.2 Å². The molecule has 0 saturated carbocycles. The highest BCUT2D eigenvalue weighted by molar-refractivity contribution is 7.15. The van der Waals surface area contributed by atoms with E-state index in [9.17, 15) is 9.59 Å². The van der Waals surface area contributed by atoms with Crippen molar-refractivity contribution >= 4 is 33.3 Å². The summed E-state index contributed by atoms with van der Waals surface area (Å²) in [6, 6.07) is 11.7. The summed E-state index contributed by atoms with van der Waals surface area (Å²) in [6.07, 6.45) is 0.857. The van der Waals surface area contributed by atoms with Crippen LogP contribution in [0.5, 0.6) is 11.5 Å². The van der Waals surface area contributed by atoms with Gasteiger partial charge in [-0.15, -0.1) is 10.2 Å². The number of aromatic nitrogens is 2. The Morgan fingerprint density at radius 1 is 1.06 bits per heavy atom. The minimum absolute atomic E-state index is 0.0193. The molecule has 0 saturated heterocycles. The van der Waals surface area contributed by atoms with Crippen molar-refractivity contribution in [2.45, 2.75) is 33.2 Å². The molecule has 174 valence electrons. The number of nitrogens with zero attached hydrogens (tertiary/aromatic N) is 3. The first-order chi connectivity index (χ1) is 16.5. The maximum Gasteiger partial charge on any atom is 0.297 e. The van der Waals surface area contributed by atoms with Gasteiger partial charge in [-0.25, -0.2) is 0 Å². The maximum absolute atomic E-state index is 13.6. The second-order valence-electron chi connectivity index (χ2n) is 7.84. The normalized spacial score (nSPS) is 15.1. The van der Waals surface area contributed by atoms with Gasteiger partial charge in [0, 0.05) is 0 Å². The Morgan fingerprint density at radius 2 is 1.88 bits per heavy atom. The van der Waals surface area contributed by atoms with Crippen molar-refractivity contribution in [3.63, 3.8) is 0 Å². The molecule has 0 N–H and O–H groups in total. The monoisotopic (exact) mass is 477 g/mol. The number of aryl methyl sites for hydroxylation is 1. The number of ether oxygens (including phenoxy) is 2. The summed E-state index contributed by atoms with van der Waals surface area (Å²) in [7, 11) is 0. The van der Waals surface area contributed by atoms with Crippen LogP contribution in [-0.2, 0) is 0 Å². The highest BCUT2D eigenvalue weighted by atomic mass is 32.1. The molecular formula is C25H23N3O5S. The van der Waals surface area contributed by atoms with Crippen LogP contribution in [0.25, 0.3) is 11.0 Å². The predicted octanol–water partition coefficient (Wildman–Crippen LogP) is 4.89. The molecule has 4 aromatic rings. The van der Waals surface area contributed by atoms with Crippen LogP contribution in [0.4, 0.5) is 5.13 Å². The third-order valence-electron chi connectivity index (χ3n) is 5.54. The summed E-state index contributed by atoms with van der Waals surface area (Å²) in [4.78, 5) is 28.7. The molecule has 0 radical (unpaired) electrons. The van der Waals surface area contributed by atoms with Gasteiger partial charge in [0.1, 0.15) is 10.6 Å². The fourth-order valence-corrected chi connectivity index (χ4v) is 4.82. The zero-order valence-corrected chi connectivity index (χ0v) is 19.8. The fourth-order valence-electron chi connectivity index (χ4n) is 4.11. The van der Waals surface area contributed by atoms with Gasteiger partial charge in [0.2, 0.25) is 10.9 Å². The van der Waals surface area contributed by atoms with Gasteiger partial charge in [0.15, 0.2) is 16.9 Å². The largest absolute Gasteiger partial charge is 0.490 e. The SMILES string of the molecule is CCCOc1ccc([C@@H]2c3c(oc4ccccc4c3=O)C(=O)N2c2nnc(C)s2)cc1OCC. The maximum atomic E-state index is 13.6. The van der Waals surface area contributed by atoms with Crippen LogP contribution >= 0.6 is 11.3 Å². The van der Waals surface area contributed by atoms with Gasteiger partial charge in [-0.3, -0.25) is 14.5 Å². The lowest BCUT2D eigenvalue weighted by molar-refractivity contribution is 0.0970. The van der Waals surface area contributed by atoms with E-state index in [4.69, 9.17) is 13.9 Å². The molecule has 9 heteroatoms. The van der Waals surface area contributed by atoms with Gasteiger partial charge in [-0.1, -0.05) is 36.5 Å². The minimum atomic E-state index is -0.741. The summed E-state index contributed by atoms with van der Waals surface area (Å²) in [5.41, 5.74) is 1.09. The van der Waals surface area contributed by atoms with E-state index in [-0.39, 0.29) is 16.8 Å². The van der Waals surface area contributed by atoms with Crippen molar-refractivity contribution in [3.8, 4) is 11.5 Å². The molecule has 8 nitrogen and oxygen atoms in total. The van der Waals surface area contributed by atoms with Crippen LogP contribution < -0.4 is 19.8 Å². The first kappa shape index (κ1) is 22.1. The van der Waals surface area contributed by atoms with Gasteiger partial charge in [-0.2, -0.15) is 0 Å². The van der Waals surface area contributed by atoms with Gasteiger partial charge < -0.3 is 13.9 Å². The molecule has 2 aromatic heterocycles. The Labute approximate surface area is 199 Å². The van der Waals surface area contributed by atoms with Gasteiger partial charge in [0.05, 0.1) is 30.2 Å². The summed E-state index contributed by atoms with van der Waals surface area (Å²) in [5, 5.41) is 9.80. The Balaban J connectivity index is 1.73. The molecule has 34 heavy (non-hydrogen) atoms. The number of hydrogen-bond donors (Lipinski definition) is 0. The third-order valence-corrected chi connectivity index (χ3v) is 6.38. The highest BCUT2D eigenvalue weighted by Crippen LogP contribution is 2.44. The molecule has 2 aromatic carbocycles. The number of rotatable bonds is 7. The average molecular weight is 478 g/mol. The Bertz CT molecular complexity index is 1440. The number of benzene rings is 2. The van der Waals surface area contributed by atoms with Crippen LogP contribution in [0.15, 0.2) is 51.7 Å². The van der Waals surface area contributed by atoms with Gasteiger partial charge >= 0.3 is 0 Å². The van der Waals surface area contributed by atoms with Crippen LogP contribution in [0.2, 0.25) is 0 Å². The van der Waals surface area contributed by atoms with E-state index >= 15 is 0 Å². The second kappa shape index (κ2) is 8.90. The van der Waals surface area contributed by atoms with Gasteiger partial charge in [0.25, 0.3) is 5.91 Å². The lowest BCUT2D eigenvalue weighted by Gasteiger charge is -2.23. The Hall–Kier alpha value is -3.72. The van der Waals surface area contributed by atoms with Crippen LogP contribution in [0.1, 0.15) is 53.0 Å². The van der Waals surface area contributed by atoms with Crippen molar-refractivity contribution in [1.29, 1.82) is 0 Å². The number of amides is 1. The molecule has 1 atom stereocenters. The average Bonchev–Trinajstić information content (AvgIpc) is 3.39. The lowest BCUT2D eigenvalue weighted by atomic mass is 9.98. The van der Waals surface area contributed by atoms with Crippen molar-refractivity contribution in [3.05, 3.63) is 74.6 Å². The molecule has 0 bridgehead atoms. The summed E-state index contributed by atoms with van der Waals surface area (Å²) in [6.45, 7) is 6.73. The van der Waals surface area contributed by atoms with Crippen molar-refractivity contribution in [2.24, 2.45) is 0 Å². The molecule has 1 aliphatic rings. The summed E-state index contributed by atoms with van der Waals surface area (Å²) < 4.78 is 17.6. The Kier molecular flexibility index (Phi) is 5.79. The third kappa shape index (κ3) is 3.62. The first-order valence-electron chi connectivity index (χ1n) is 11.1. The molecular weight excluding hydrogens is 454 g/mol. The molecule has 0 fully saturated rings. The predicted molar refractivity (Wildman–Crippen MR) is 129 cm³/mol. The number of fused-ring (bicyclic) bond motifs is 2. The van der Waals surface area contributed by atoms with Crippen molar-refractivity contribution in [2.75, 3.05) is 18.1 Å². The highest BCUT2D eigenvalue weighted by Gasteiger charge is 2.45. The molecule has 0 aliphatic carbocycles. The lowest BCUT2D eigenvalue weighted by Crippen LogP contribution is -2.29. The number of carbonyl (C=O) groups is 1. The number of carbonyl (C=O) groups excluding carboxylic acids is 1. The van der Waals surface area contributed by atoms with E-state index in [0.717, 1.165) is 6.42 Å². The topological polar surface area (TPSA) is 94.8 Å². The van der Waals surface area contributed by atoms with Gasteiger partial charge in [-0.05, 0) is 50.1 Å². The zero-order valence-electron chi connectivity index (χ0n) is 19.0. The molecule has 0 spiro atoms. The molecule has 1 aliphatic heterocycles. The van der Waals surface area contributed by atoms with Crippen molar-refractivity contribution < 1.29 is 18.7 Å². The molecule has 1 amide bonds. The van der Waals surface area contributed by atoms with E-state index < -0.39 is 11.9 Å². The molecule has 3 heterocycles. The van der Waals surface area contributed by atoms with E-state index in [1.54, 1.807) is 24.3 Å². The smallest absolute Gasteiger partial charge is 0.297 e. The van der Waals surface area contributed by atoms with E-state index in [1.807, 2.05) is 39.0 Å². The fraction of sp³-hybridized carbons (Fsp3) is 0.280. The van der Waals surface area contributed by atoms with Crippen LogP contribution in [-0.4, -0.2) is 29.3 Å². The van der Waals surface area contributed by atoms with E-state index in [2.05, 4.69) is 10.2 Å². The minimum Gasteiger partial charge on any atom is -0.490 e. The molecule has 0 unspecified atom stereocenters. The summed E-state index contributed by atoms with van der Waals surface area (Å²) >= 11 is 1.28. The Morgan fingerprint density at radius 3 is 2.62 bits per heavy atom.